The highest BCUT2D eigenvalue weighted by Gasteiger charge is 2.27. The Morgan fingerprint density at radius 1 is 1.28 bits per heavy atom. The predicted octanol–water partition coefficient (Wildman–Crippen LogP) is 2.42. The standard InChI is InChI=1S/C19H20N4O2/c1-13-16(11-20-18-7-9-21-23(13)18)19(24)22-10-8-14-5-3-4-6-15(14)17(12-22)25-2/h3-7,9,11,17H,8,10,12H2,1-2H3. The molecule has 1 atom stereocenters. The van der Waals surface area contributed by atoms with Gasteiger partial charge in [0.2, 0.25) is 0 Å². The first-order chi connectivity index (χ1) is 12.2. The third-order valence-electron chi connectivity index (χ3n) is 4.90. The van der Waals surface area contributed by atoms with Gasteiger partial charge in [-0.05, 0) is 24.5 Å². The summed E-state index contributed by atoms with van der Waals surface area (Å²) in [7, 11) is 1.69. The van der Waals surface area contributed by atoms with Gasteiger partial charge < -0.3 is 9.64 Å². The minimum Gasteiger partial charge on any atom is -0.375 e. The monoisotopic (exact) mass is 336 g/mol. The van der Waals surface area contributed by atoms with Crippen molar-refractivity contribution in [2.75, 3.05) is 20.2 Å². The fourth-order valence-electron chi connectivity index (χ4n) is 3.48. The van der Waals surface area contributed by atoms with Crippen molar-refractivity contribution in [3.63, 3.8) is 0 Å². The topological polar surface area (TPSA) is 59.7 Å². The lowest BCUT2D eigenvalue weighted by Gasteiger charge is -2.25. The zero-order chi connectivity index (χ0) is 17.4. The number of aromatic nitrogens is 3. The molecule has 1 amide bonds. The third-order valence-corrected chi connectivity index (χ3v) is 4.90. The number of benzene rings is 1. The first-order valence-corrected chi connectivity index (χ1v) is 8.38. The molecule has 1 aliphatic rings. The first-order valence-electron chi connectivity index (χ1n) is 8.38. The second kappa shape index (κ2) is 6.29. The van der Waals surface area contributed by atoms with Gasteiger partial charge in [-0.15, -0.1) is 0 Å². The van der Waals surface area contributed by atoms with Gasteiger partial charge in [-0.3, -0.25) is 4.79 Å². The van der Waals surface area contributed by atoms with E-state index in [-0.39, 0.29) is 12.0 Å². The van der Waals surface area contributed by atoms with Crippen molar-refractivity contribution in [3.8, 4) is 0 Å². The van der Waals surface area contributed by atoms with Crippen LogP contribution in [0.2, 0.25) is 0 Å². The van der Waals surface area contributed by atoms with Crippen LogP contribution in [0, 0.1) is 6.92 Å². The molecule has 6 heteroatoms. The predicted molar refractivity (Wildman–Crippen MR) is 93.5 cm³/mol. The lowest BCUT2D eigenvalue weighted by Crippen LogP contribution is -2.35. The Morgan fingerprint density at radius 3 is 2.96 bits per heavy atom. The van der Waals surface area contributed by atoms with E-state index >= 15 is 0 Å². The number of aryl methyl sites for hydroxylation is 1. The fourth-order valence-corrected chi connectivity index (χ4v) is 3.48. The van der Waals surface area contributed by atoms with Crippen LogP contribution in [0.25, 0.3) is 5.65 Å². The SMILES string of the molecule is COC1CN(C(=O)c2cnc3ccnn3c2C)CCc2ccccc21. The molecule has 3 heterocycles. The molecule has 4 rings (SSSR count). The van der Waals surface area contributed by atoms with E-state index in [9.17, 15) is 4.79 Å². The van der Waals surface area contributed by atoms with Crippen LogP contribution < -0.4 is 0 Å². The Balaban J connectivity index is 1.67. The van der Waals surface area contributed by atoms with E-state index in [1.54, 1.807) is 24.0 Å². The van der Waals surface area contributed by atoms with E-state index in [4.69, 9.17) is 4.74 Å². The van der Waals surface area contributed by atoms with E-state index in [1.807, 2.05) is 30.0 Å². The molecule has 3 aromatic rings. The van der Waals surface area contributed by atoms with Crippen LogP contribution in [0.3, 0.4) is 0 Å². The molecule has 0 spiro atoms. The maximum atomic E-state index is 13.1. The average molecular weight is 336 g/mol. The maximum absolute atomic E-state index is 13.1. The number of carbonyl (C=O) groups is 1. The highest BCUT2D eigenvalue weighted by atomic mass is 16.5. The number of methoxy groups -OCH3 is 1. The Morgan fingerprint density at radius 2 is 2.12 bits per heavy atom. The number of rotatable bonds is 2. The summed E-state index contributed by atoms with van der Waals surface area (Å²) in [5.74, 6) is -0.0303. The molecule has 0 bridgehead atoms. The van der Waals surface area contributed by atoms with Gasteiger partial charge in [-0.25, -0.2) is 9.50 Å². The molecular weight excluding hydrogens is 316 g/mol. The van der Waals surface area contributed by atoms with Gasteiger partial charge in [0, 0.05) is 25.9 Å². The van der Waals surface area contributed by atoms with E-state index < -0.39 is 0 Å². The van der Waals surface area contributed by atoms with Crippen molar-refractivity contribution in [3.05, 3.63) is 65.1 Å². The van der Waals surface area contributed by atoms with E-state index in [0.29, 0.717) is 18.7 Å². The molecule has 0 radical (unpaired) electrons. The minimum absolute atomic E-state index is 0.0303. The minimum atomic E-state index is -0.121. The van der Waals surface area contributed by atoms with E-state index in [1.165, 1.54) is 5.56 Å². The second-order valence-corrected chi connectivity index (χ2v) is 6.28. The molecule has 6 nitrogen and oxygen atoms in total. The van der Waals surface area contributed by atoms with Gasteiger partial charge in [-0.2, -0.15) is 5.10 Å². The van der Waals surface area contributed by atoms with Crippen LogP contribution >= 0.6 is 0 Å². The van der Waals surface area contributed by atoms with Crippen molar-refractivity contribution < 1.29 is 9.53 Å². The Bertz CT molecular complexity index is 934. The molecule has 1 aliphatic heterocycles. The van der Waals surface area contributed by atoms with Crippen LogP contribution in [0.5, 0.6) is 0 Å². The lowest BCUT2D eigenvalue weighted by atomic mass is 10.0. The van der Waals surface area contributed by atoms with Crippen molar-refractivity contribution in [2.24, 2.45) is 0 Å². The fraction of sp³-hybridized carbons (Fsp3) is 0.316. The van der Waals surface area contributed by atoms with Gasteiger partial charge in [-0.1, -0.05) is 24.3 Å². The quantitative estimate of drug-likeness (QED) is 0.721. The van der Waals surface area contributed by atoms with Gasteiger partial charge >= 0.3 is 0 Å². The Labute approximate surface area is 146 Å². The molecule has 1 aromatic carbocycles. The smallest absolute Gasteiger partial charge is 0.257 e. The maximum Gasteiger partial charge on any atom is 0.257 e. The van der Waals surface area contributed by atoms with Crippen molar-refractivity contribution >= 4 is 11.6 Å². The van der Waals surface area contributed by atoms with Gasteiger partial charge in [0.15, 0.2) is 5.65 Å². The van der Waals surface area contributed by atoms with E-state index in [2.05, 4.69) is 22.2 Å². The number of hydrogen-bond donors (Lipinski definition) is 0. The van der Waals surface area contributed by atoms with Gasteiger partial charge in [0.25, 0.3) is 5.91 Å². The first kappa shape index (κ1) is 15.8. The lowest BCUT2D eigenvalue weighted by molar-refractivity contribution is 0.0506. The Hall–Kier alpha value is -2.73. The molecule has 0 saturated heterocycles. The molecule has 1 unspecified atom stereocenters. The number of carbonyl (C=O) groups excluding carboxylic acids is 1. The summed E-state index contributed by atoms with van der Waals surface area (Å²) < 4.78 is 7.38. The molecular formula is C19H20N4O2. The number of nitrogens with zero attached hydrogens (tertiary/aromatic N) is 4. The molecule has 0 fully saturated rings. The summed E-state index contributed by atoms with van der Waals surface area (Å²) >= 11 is 0. The summed E-state index contributed by atoms with van der Waals surface area (Å²) in [6, 6.07) is 10.1. The molecule has 25 heavy (non-hydrogen) atoms. The zero-order valence-electron chi connectivity index (χ0n) is 14.3. The largest absolute Gasteiger partial charge is 0.375 e. The number of amides is 1. The average Bonchev–Trinajstić information content (AvgIpc) is 3.04. The summed E-state index contributed by atoms with van der Waals surface area (Å²) in [5, 5.41) is 4.25. The molecule has 0 N–H and O–H groups in total. The molecule has 0 saturated carbocycles. The zero-order valence-corrected chi connectivity index (χ0v) is 14.3. The highest BCUT2D eigenvalue weighted by Crippen LogP contribution is 2.27. The van der Waals surface area contributed by atoms with Gasteiger partial charge in [0.1, 0.15) is 0 Å². The molecule has 2 aromatic heterocycles. The Kier molecular flexibility index (Phi) is 3.97. The molecule has 0 aliphatic carbocycles. The number of fused-ring (bicyclic) bond motifs is 2. The van der Waals surface area contributed by atoms with Crippen molar-refractivity contribution in [1.82, 2.24) is 19.5 Å². The second-order valence-electron chi connectivity index (χ2n) is 6.28. The highest BCUT2D eigenvalue weighted by molar-refractivity contribution is 5.95. The van der Waals surface area contributed by atoms with Crippen LogP contribution in [0.15, 0.2) is 42.7 Å². The number of hydrogen-bond acceptors (Lipinski definition) is 4. The summed E-state index contributed by atoms with van der Waals surface area (Å²) in [5.41, 5.74) is 4.53. The van der Waals surface area contributed by atoms with Crippen LogP contribution in [0.1, 0.15) is 33.3 Å². The molecule has 128 valence electrons. The summed E-state index contributed by atoms with van der Waals surface area (Å²) in [4.78, 5) is 19.3. The summed E-state index contributed by atoms with van der Waals surface area (Å²) in [6.07, 6.45) is 4.03. The van der Waals surface area contributed by atoms with Crippen molar-refractivity contribution in [2.45, 2.75) is 19.4 Å². The van der Waals surface area contributed by atoms with Crippen LogP contribution in [-0.2, 0) is 11.2 Å². The third kappa shape index (κ3) is 2.68. The van der Waals surface area contributed by atoms with Crippen LogP contribution in [0.4, 0.5) is 0 Å². The normalized spacial score (nSPS) is 17.4. The van der Waals surface area contributed by atoms with E-state index in [0.717, 1.165) is 23.3 Å². The van der Waals surface area contributed by atoms with Crippen LogP contribution in [-0.4, -0.2) is 45.6 Å². The van der Waals surface area contributed by atoms with Gasteiger partial charge in [0.05, 0.1) is 30.1 Å². The summed E-state index contributed by atoms with van der Waals surface area (Å²) in [6.45, 7) is 3.09. The van der Waals surface area contributed by atoms with Crippen molar-refractivity contribution in [1.29, 1.82) is 0 Å². The number of ether oxygens (including phenoxy) is 1.